The number of aromatic nitrogens is 3. The Morgan fingerprint density at radius 2 is 2.32 bits per heavy atom. The van der Waals surface area contributed by atoms with Gasteiger partial charge in [0.1, 0.15) is 0 Å². The average molecular weight is 259 g/mol. The molecule has 6 nitrogen and oxygen atoms in total. The summed E-state index contributed by atoms with van der Waals surface area (Å²) in [5, 5.41) is 12.8. The Morgan fingerprint density at radius 3 is 3.05 bits per heavy atom. The van der Waals surface area contributed by atoms with Crippen LogP contribution in [0.25, 0.3) is 11.3 Å². The smallest absolute Gasteiger partial charge is 0.233 e. The van der Waals surface area contributed by atoms with Crippen molar-refractivity contribution in [3.63, 3.8) is 0 Å². The lowest BCUT2D eigenvalue weighted by Gasteiger charge is -2.05. The van der Waals surface area contributed by atoms with Gasteiger partial charge in [-0.3, -0.25) is 14.9 Å². The lowest BCUT2D eigenvalue weighted by Crippen LogP contribution is -2.33. The van der Waals surface area contributed by atoms with E-state index in [9.17, 15) is 4.79 Å². The Labute approximate surface area is 111 Å². The molecule has 0 radical (unpaired) electrons. The molecule has 6 heteroatoms. The topological polar surface area (TPSA) is 82.7 Å². The van der Waals surface area contributed by atoms with Crippen molar-refractivity contribution in [2.45, 2.75) is 13.5 Å². The van der Waals surface area contributed by atoms with Crippen molar-refractivity contribution >= 4 is 5.91 Å². The summed E-state index contributed by atoms with van der Waals surface area (Å²) in [5.74, 6) is -0.00563. The van der Waals surface area contributed by atoms with Crippen molar-refractivity contribution in [3.8, 4) is 11.3 Å². The normalized spacial score (nSPS) is 10.4. The fraction of sp³-hybridized carbons (Fsp3) is 0.308. The van der Waals surface area contributed by atoms with Crippen molar-refractivity contribution in [2.75, 3.05) is 13.1 Å². The van der Waals surface area contributed by atoms with Crippen molar-refractivity contribution in [1.82, 2.24) is 25.8 Å². The second-order valence-electron chi connectivity index (χ2n) is 4.07. The Hall–Kier alpha value is -2.21. The van der Waals surface area contributed by atoms with Crippen LogP contribution in [0.2, 0.25) is 0 Å². The number of carbonyl (C=O) groups is 1. The van der Waals surface area contributed by atoms with Crippen molar-refractivity contribution in [1.29, 1.82) is 0 Å². The van der Waals surface area contributed by atoms with Crippen LogP contribution in [0.4, 0.5) is 0 Å². The van der Waals surface area contributed by atoms with Gasteiger partial charge in [0.25, 0.3) is 0 Å². The number of hydrogen-bond acceptors (Lipinski definition) is 4. The highest BCUT2D eigenvalue weighted by Crippen LogP contribution is 2.19. The number of carbonyl (C=O) groups excluding carboxylic acids is 1. The van der Waals surface area contributed by atoms with E-state index in [0.717, 1.165) is 16.8 Å². The van der Waals surface area contributed by atoms with E-state index >= 15 is 0 Å². The standard InChI is InChI=1S/C13H17N5O/c1-2-16-12(19)9-15-7-11-8-17-18-13(11)10-4-3-5-14-6-10/h3-6,8,15H,2,7,9H2,1H3,(H,16,19)(H,17,18). The first kappa shape index (κ1) is 13.2. The van der Waals surface area contributed by atoms with Crippen molar-refractivity contribution in [3.05, 3.63) is 36.3 Å². The number of likely N-dealkylation sites (N-methyl/N-ethyl adjacent to an activating group) is 1. The van der Waals surface area contributed by atoms with Gasteiger partial charge in [-0.15, -0.1) is 0 Å². The number of pyridine rings is 1. The monoisotopic (exact) mass is 259 g/mol. The van der Waals surface area contributed by atoms with Gasteiger partial charge in [0, 0.05) is 36.6 Å². The van der Waals surface area contributed by atoms with Crippen LogP contribution in [0, 0.1) is 0 Å². The zero-order valence-corrected chi connectivity index (χ0v) is 10.8. The van der Waals surface area contributed by atoms with Gasteiger partial charge in [-0.2, -0.15) is 5.10 Å². The number of amides is 1. The molecule has 0 fully saturated rings. The lowest BCUT2D eigenvalue weighted by molar-refractivity contribution is -0.120. The molecule has 100 valence electrons. The molecule has 0 saturated heterocycles. The Kier molecular flexibility index (Phi) is 4.63. The third-order valence-electron chi connectivity index (χ3n) is 2.64. The van der Waals surface area contributed by atoms with E-state index in [0.29, 0.717) is 19.6 Å². The van der Waals surface area contributed by atoms with Gasteiger partial charge in [0.2, 0.25) is 5.91 Å². The van der Waals surface area contributed by atoms with Crippen LogP contribution in [-0.2, 0) is 11.3 Å². The van der Waals surface area contributed by atoms with Gasteiger partial charge in [-0.1, -0.05) is 0 Å². The first-order valence-electron chi connectivity index (χ1n) is 6.21. The summed E-state index contributed by atoms with van der Waals surface area (Å²) in [5.41, 5.74) is 2.92. The number of nitrogens with one attached hydrogen (secondary N) is 3. The summed E-state index contributed by atoms with van der Waals surface area (Å²) in [4.78, 5) is 15.4. The summed E-state index contributed by atoms with van der Waals surface area (Å²) in [6.07, 6.45) is 5.26. The molecule has 2 aromatic rings. The summed E-state index contributed by atoms with van der Waals surface area (Å²) >= 11 is 0. The second kappa shape index (κ2) is 6.65. The van der Waals surface area contributed by atoms with Crippen molar-refractivity contribution in [2.24, 2.45) is 0 Å². The molecule has 0 bridgehead atoms. The van der Waals surface area contributed by atoms with Gasteiger partial charge < -0.3 is 10.6 Å². The molecule has 0 aliphatic carbocycles. The van der Waals surface area contributed by atoms with E-state index in [4.69, 9.17) is 0 Å². The van der Waals surface area contributed by atoms with Crippen LogP contribution in [0.5, 0.6) is 0 Å². The maximum atomic E-state index is 11.3. The van der Waals surface area contributed by atoms with Crippen LogP contribution in [0.15, 0.2) is 30.7 Å². The van der Waals surface area contributed by atoms with Crippen LogP contribution in [-0.4, -0.2) is 34.2 Å². The third kappa shape index (κ3) is 3.62. The highest BCUT2D eigenvalue weighted by atomic mass is 16.1. The molecule has 0 atom stereocenters. The second-order valence-corrected chi connectivity index (χ2v) is 4.07. The largest absolute Gasteiger partial charge is 0.355 e. The Balaban J connectivity index is 1.95. The summed E-state index contributed by atoms with van der Waals surface area (Å²) in [6.45, 7) is 3.42. The molecule has 0 aliphatic rings. The molecule has 0 spiro atoms. The first-order chi connectivity index (χ1) is 9.31. The van der Waals surface area contributed by atoms with Crippen LogP contribution >= 0.6 is 0 Å². The van der Waals surface area contributed by atoms with Crippen LogP contribution in [0.3, 0.4) is 0 Å². The van der Waals surface area contributed by atoms with Crippen molar-refractivity contribution < 1.29 is 4.79 Å². The molecule has 0 saturated carbocycles. The maximum absolute atomic E-state index is 11.3. The van der Waals surface area contributed by atoms with Gasteiger partial charge >= 0.3 is 0 Å². The molecule has 2 heterocycles. The zero-order chi connectivity index (χ0) is 13.5. The Bertz CT molecular complexity index is 523. The van der Waals surface area contributed by atoms with Gasteiger partial charge in [0.05, 0.1) is 18.4 Å². The molecule has 1 amide bonds. The third-order valence-corrected chi connectivity index (χ3v) is 2.64. The highest BCUT2D eigenvalue weighted by molar-refractivity contribution is 5.77. The number of hydrogen-bond donors (Lipinski definition) is 3. The summed E-state index contributed by atoms with van der Waals surface area (Å²) in [7, 11) is 0. The summed E-state index contributed by atoms with van der Waals surface area (Å²) in [6, 6.07) is 3.84. The molecule has 0 aromatic carbocycles. The maximum Gasteiger partial charge on any atom is 0.233 e. The van der Waals surface area contributed by atoms with E-state index in [1.54, 1.807) is 18.6 Å². The number of rotatable bonds is 6. The van der Waals surface area contributed by atoms with Gasteiger partial charge in [-0.25, -0.2) is 0 Å². The summed E-state index contributed by atoms with van der Waals surface area (Å²) < 4.78 is 0. The quantitative estimate of drug-likeness (QED) is 0.713. The van der Waals surface area contributed by atoms with E-state index in [-0.39, 0.29) is 5.91 Å². The molecular formula is C13H17N5O. The zero-order valence-electron chi connectivity index (χ0n) is 10.8. The Morgan fingerprint density at radius 1 is 1.42 bits per heavy atom. The number of aromatic amines is 1. The number of nitrogens with zero attached hydrogens (tertiary/aromatic N) is 2. The molecule has 0 aliphatic heterocycles. The van der Waals surface area contributed by atoms with Crippen LogP contribution in [0.1, 0.15) is 12.5 Å². The van der Waals surface area contributed by atoms with E-state index in [1.807, 2.05) is 19.1 Å². The molecule has 19 heavy (non-hydrogen) atoms. The molecule has 2 rings (SSSR count). The fourth-order valence-electron chi connectivity index (χ4n) is 1.78. The minimum Gasteiger partial charge on any atom is -0.355 e. The lowest BCUT2D eigenvalue weighted by atomic mass is 10.1. The van der Waals surface area contributed by atoms with E-state index < -0.39 is 0 Å². The predicted molar refractivity (Wildman–Crippen MR) is 72.2 cm³/mol. The van der Waals surface area contributed by atoms with Gasteiger partial charge in [0.15, 0.2) is 0 Å². The van der Waals surface area contributed by atoms with Gasteiger partial charge in [-0.05, 0) is 19.1 Å². The minimum atomic E-state index is -0.00563. The van der Waals surface area contributed by atoms with E-state index in [2.05, 4.69) is 25.8 Å². The fourth-order valence-corrected chi connectivity index (χ4v) is 1.78. The first-order valence-corrected chi connectivity index (χ1v) is 6.21. The highest BCUT2D eigenvalue weighted by Gasteiger charge is 2.07. The molecule has 0 unspecified atom stereocenters. The molecule has 2 aromatic heterocycles. The molecule has 3 N–H and O–H groups in total. The predicted octanol–water partition coefficient (Wildman–Crippen LogP) is 0.697. The number of H-pyrrole nitrogens is 1. The average Bonchev–Trinajstić information content (AvgIpc) is 2.88. The van der Waals surface area contributed by atoms with Crippen LogP contribution < -0.4 is 10.6 Å². The SMILES string of the molecule is CCNC(=O)CNCc1cn[nH]c1-c1cccnc1. The van der Waals surface area contributed by atoms with E-state index in [1.165, 1.54) is 0 Å². The molecular weight excluding hydrogens is 242 g/mol. The minimum absolute atomic E-state index is 0.00563.